The summed E-state index contributed by atoms with van der Waals surface area (Å²) in [6, 6.07) is 3.70. The van der Waals surface area contributed by atoms with Gasteiger partial charge in [0, 0.05) is 35.6 Å². The van der Waals surface area contributed by atoms with Crippen LogP contribution in [0.25, 0.3) is 0 Å². The van der Waals surface area contributed by atoms with E-state index in [-0.39, 0.29) is 11.9 Å². The topological polar surface area (TPSA) is 62.2 Å². The van der Waals surface area contributed by atoms with Crippen LogP contribution in [0, 0.1) is 20.8 Å². The Kier molecular flexibility index (Phi) is 3.71. The third-order valence-electron chi connectivity index (χ3n) is 5.07. The Bertz CT molecular complexity index is 839. The van der Waals surface area contributed by atoms with Crippen LogP contribution >= 0.6 is 0 Å². The molecule has 0 bridgehead atoms. The average molecular weight is 337 g/mol. The van der Waals surface area contributed by atoms with E-state index in [9.17, 15) is 4.79 Å². The van der Waals surface area contributed by atoms with Gasteiger partial charge in [0.1, 0.15) is 11.6 Å². The highest BCUT2D eigenvalue weighted by Gasteiger charge is 2.37. The molecule has 0 saturated carbocycles. The first-order chi connectivity index (χ1) is 11.9. The highest BCUT2D eigenvalue weighted by atomic mass is 16.2. The molecule has 0 spiro atoms. The Balaban J connectivity index is 1.70. The van der Waals surface area contributed by atoms with E-state index >= 15 is 0 Å². The van der Waals surface area contributed by atoms with E-state index in [0.29, 0.717) is 12.1 Å². The summed E-state index contributed by atoms with van der Waals surface area (Å²) in [6.07, 6.45) is 1.20. The second-order valence-corrected chi connectivity index (χ2v) is 7.04. The van der Waals surface area contributed by atoms with Crippen molar-refractivity contribution >= 4 is 11.7 Å². The maximum absolute atomic E-state index is 13.1. The lowest BCUT2D eigenvalue weighted by molar-refractivity contribution is 0.0704. The van der Waals surface area contributed by atoms with Crippen molar-refractivity contribution in [3.05, 3.63) is 46.2 Å². The van der Waals surface area contributed by atoms with Crippen LogP contribution in [0.2, 0.25) is 0 Å². The summed E-state index contributed by atoms with van der Waals surface area (Å²) in [5.74, 6) is 1.82. The molecule has 1 atom stereocenters. The second-order valence-electron chi connectivity index (χ2n) is 7.04. The minimum atomic E-state index is -0.0209. The molecule has 130 valence electrons. The minimum Gasteiger partial charge on any atom is -0.356 e. The van der Waals surface area contributed by atoms with Gasteiger partial charge in [0.05, 0.1) is 18.3 Å². The number of carbonyl (C=O) groups is 1. The van der Waals surface area contributed by atoms with Crippen LogP contribution in [0.1, 0.15) is 58.2 Å². The molecule has 0 aromatic carbocycles. The van der Waals surface area contributed by atoms with Gasteiger partial charge in [-0.1, -0.05) is 0 Å². The fourth-order valence-electron chi connectivity index (χ4n) is 3.77. The number of aryl methyl sites for hydroxylation is 3. The van der Waals surface area contributed by atoms with E-state index < -0.39 is 0 Å². The molecule has 0 unspecified atom stereocenters. The highest BCUT2D eigenvalue weighted by molar-refractivity contribution is 5.95. The smallest absolute Gasteiger partial charge is 0.254 e. The molecule has 2 aromatic heterocycles. The molecule has 6 heteroatoms. The van der Waals surface area contributed by atoms with Gasteiger partial charge in [0.2, 0.25) is 0 Å². The van der Waals surface area contributed by atoms with E-state index in [0.717, 1.165) is 47.4 Å². The molecule has 1 amide bonds. The number of pyridine rings is 1. The quantitative estimate of drug-likeness (QED) is 0.843. The number of rotatable bonds is 2. The summed E-state index contributed by atoms with van der Waals surface area (Å²) in [5.41, 5.74) is 4.52. The molecule has 0 aliphatic carbocycles. The molecule has 0 N–H and O–H groups in total. The van der Waals surface area contributed by atoms with Crippen molar-refractivity contribution in [2.24, 2.45) is 0 Å². The first kappa shape index (κ1) is 16.0. The number of aromatic nitrogens is 3. The molecule has 2 aromatic rings. The van der Waals surface area contributed by atoms with Crippen LogP contribution in [0.15, 0.2) is 12.1 Å². The van der Waals surface area contributed by atoms with Gasteiger partial charge in [0.15, 0.2) is 0 Å². The van der Waals surface area contributed by atoms with Gasteiger partial charge < -0.3 is 9.80 Å². The van der Waals surface area contributed by atoms with Crippen LogP contribution in [0.3, 0.4) is 0 Å². The van der Waals surface area contributed by atoms with Crippen LogP contribution in [-0.2, 0) is 6.54 Å². The van der Waals surface area contributed by atoms with E-state index in [2.05, 4.69) is 26.8 Å². The Hall–Kier alpha value is -2.50. The summed E-state index contributed by atoms with van der Waals surface area (Å²) in [4.78, 5) is 31.0. The maximum Gasteiger partial charge on any atom is 0.254 e. The molecule has 6 nitrogen and oxygen atoms in total. The predicted octanol–water partition coefficient (Wildman–Crippen LogP) is 2.72. The van der Waals surface area contributed by atoms with E-state index in [1.807, 2.05) is 37.8 Å². The normalized spacial score (nSPS) is 19.0. The fourth-order valence-corrected chi connectivity index (χ4v) is 3.77. The van der Waals surface area contributed by atoms with Gasteiger partial charge in [-0.05, 0) is 46.2 Å². The lowest BCUT2D eigenvalue weighted by Gasteiger charge is -2.34. The number of fused-ring (bicyclic) bond motifs is 1. The van der Waals surface area contributed by atoms with E-state index in [1.165, 1.54) is 6.42 Å². The summed E-state index contributed by atoms with van der Waals surface area (Å²) in [6.45, 7) is 10.4. The zero-order valence-electron chi connectivity index (χ0n) is 15.2. The summed E-state index contributed by atoms with van der Waals surface area (Å²) in [7, 11) is 0. The van der Waals surface area contributed by atoms with Crippen LogP contribution in [0.4, 0.5) is 5.82 Å². The standard InChI is InChI=1S/C19H23N5O/c1-11-8-15(9-12(2)20-11)19(25)24-10-16-17(13(24)3)18(22-14(4)21-16)23-6-5-7-23/h8-9,13H,5-7,10H2,1-4H3/t13-/m1/s1. The van der Waals surface area contributed by atoms with Crippen molar-refractivity contribution in [3.8, 4) is 0 Å². The zero-order chi connectivity index (χ0) is 17.7. The van der Waals surface area contributed by atoms with Gasteiger partial charge in [0.25, 0.3) is 5.91 Å². The fraction of sp³-hybridized carbons (Fsp3) is 0.474. The third-order valence-corrected chi connectivity index (χ3v) is 5.07. The molecule has 0 radical (unpaired) electrons. The highest BCUT2D eigenvalue weighted by Crippen LogP contribution is 2.39. The molecule has 1 saturated heterocycles. The lowest BCUT2D eigenvalue weighted by atomic mass is 10.1. The minimum absolute atomic E-state index is 0.0209. The second kappa shape index (κ2) is 5.79. The molecule has 4 heterocycles. The summed E-state index contributed by atoms with van der Waals surface area (Å²) >= 11 is 0. The lowest BCUT2D eigenvalue weighted by Crippen LogP contribution is -2.39. The van der Waals surface area contributed by atoms with Gasteiger partial charge in [-0.2, -0.15) is 0 Å². The number of hydrogen-bond acceptors (Lipinski definition) is 5. The van der Waals surface area contributed by atoms with Gasteiger partial charge in [-0.3, -0.25) is 9.78 Å². The monoisotopic (exact) mass is 337 g/mol. The molecular weight excluding hydrogens is 314 g/mol. The van der Waals surface area contributed by atoms with E-state index in [4.69, 9.17) is 0 Å². The third kappa shape index (κ3) is 2.65. The molecular formula is C19H23N5O. The molecule has 2 aliphatic heterocycles. The maximum atomic E-state index is 13.1. The predicted molar refractivity (Wildman–Crippen MR) is 95.6 cm³/mol. The van der Waals surface area contributed by atoms with Gasteiger partial charge >= 0.3 is 0 Å². The molecule has 25 heavy (non-hydrogen) atoms. The number of carbonyl (C=O) groups excluding carboxylic acids is 1. The Morgan fingerprint density at radius 1 is 1.08 bits per heavy atom. The van der Waals surface area contributed by atoms with E-state index in [1.54, 1.807) is 0 Å². The van der Waals surface area contributed by atoms with Crippen molar-refractivity contribution in [1.82, 2.24) is 19.9 Å². The molecule has 4 rings (SSSR count). The van der Waals surface area contributed by atoms with Gasteiger partial charge in [-0.25, -0.2) is 9.97 Å². The zero-order valence-corrected chi connectivity index (χ0v) is 15.2. The Morgan fingerprint density at radius 3 is 2.36 bits per heavy atom. The Labute approximate surface area is 147 Å². The first-order valence-electron chi connectivity index (χ1n) is 8.82. The number of amides is 1. The summed E-state index contributed by atoms with van der Waals surface area (Å²) < 4.78 is 0. The van der Waals surface area contributed by atoms with Crippen molar-refractivity contribution in [2.75, 3.05) is 18.0 Å². The van der Waals surface area contributed by atoms with Crippen molar-refractivity contribution < 1.29 is 4.79 Å². The van der Waals surface area contributed by atoms with Gasteiger partial charge in [-0.15, -0.1) is 0 Å². The van der Waals surface area contributed by atoms with Crippen molar-refractivity contribution in [1.29, 1.82) is 0 Å². The summed E-state index contributed by atoms with van der Waals surface area (Å²) in [5, 5.41) is 0. The molecule has 1 fully saturated rings. The number of nitrogens with zero attached hydrogens (tertiary/aromatic N) is 5. The average Bonchev–Trinajstić information content (AvgIpc) is 2.80. The van der Waals surface area contributed by atoms with Crippen LogP contribution in [0.5, 0.6) is 0 Å². The number of anilines is 1. The largest absolute Gasteiger partial charge is 0.356 e. The SMILES string of the molecule is Cc1cc(C(=O)N2Cc3nc(C)nc(N4CCC4)c3[C@H]2C)cc(C)n1. The van der Waals surface area contributed by atoms with Crippen LogP contribution in [-0.4, -0.2) is 38.8 Å². The van der Waals surface area contributed by atoms with Crippen molar-refractivity contribution in [3.63, 3.8) is 0 Å². The van der Waals surface area contributed by atoms with Crippen molar-refractivity contribution in [2.45, 2.75) is 46.7 Å². The Morgan fingerprint density at radius 2 is 1.76 bits per heavy atom. The van der Waals surface area contributed by atoms with Crippen LogP contribution < -0.4 is 4.90 Å². The molecule has 2 aliphatic rings. The first-order valence-corrected chi connectivity index (χ1v) is 8.82. The number of hydrogen-bond donors (Lipinski definition) is 0.